The highest BCUT2D eigenvalue weighted by atomic mass is 19.1. The van der Waals surface area contributed by atoms with Crippen molar-refractivity contribution >= 4 is 27.5 Å². The van der Waals surface area contributed by atoms with Crippen molar-refractivity contribution in [1.82, 2.24) is 19.9 Å². The van der Waals surface area contributed by atoms with E-state index in [0.717, 1.165) is 19.4 Å². The quantitative estimate of drug-likeness (QED) is 0.305. The minimum atomic E-state index is -0.916. The maximum absolute atomic E-state index is 16.3. The summed E-state index contributed by atoms with van der Waals surface area (Å²) in [5, 5.41) is 14.6. The number of benzene rings is 2. The van der Waals surface area contributed by atoms with Crippen LogP contribution >= 0.6 is 0 Å². The first-order valence-electron chi connectivity index (χ1n) is 13.3. The van der Waals surface area contributed by atoms with Crippen LogP contribution < -0.4 is 10.1 Å². The van der Waals surface area contributed by atoms with Gasteiger partial charge in [-0.3, -0.25) is 9.88 Å². The summed E-state index contributed by atoms with van der Waals surface area (Å²) in [7, 11) is 0. The van der Waals surface area contributed by atoms with Gasteiger partial charge in [-0.15, -0.1) is 6.42 Å². The molecule has 2 aromatic carbocycles. The van der Waals surface area contributed by atoms with Crippen molar-refractivity contribution in [1.29, 1.82) is 0 Å². The number of ether oxygens (including phenoxy) is 1. The fourth-order valence-corrected chi connectivity index (χ4v) is 6.07. The zero-order valence-electron chi connectivity index (χ0n) is 22.1. The second-order valence-corrected chi connectivity index (χ2v) is 10.9. The van der Waals surface area contributed by atoms with Crippen molar-refractivity contribution in [2.75, 3.05) is 25.0 Å². The Hall–Kier alpha value is -4.10. The van der Waals surface area contributed by atoms with Crippen molar-refractivity contribution in [3.8, 4) is 35.4 Å². The number of nitrogens with zero attached hydrogens (tertiary/aromatic N) is 4. The SMILES string of the molecule is C#Cc1c(F)ccc2cc(O)cc(-c3ncc4c(NC(C)C)nc(OC[C@@]56CCCN5C[C@H](F)C6)nc4c3F)c12. The standard InChI is InChI=1S/C30H28F3N5O2/c1-4-20-23(32)7-6-17-10-19(39)11-21(24(17)20)26-25(33)27-22(13-34-26)28(35-16(2)3)37-29(36-27)40-15-30-8-5-9-38(30)14-18(31)12-30/h1,6-7,10-11,13,16,18,39H,5,8-9,12,14-15H2,2-3H3,(H,35,36,37)/t18-,30+/m1/s1. The molecule has 4 heterocycles. The molecule has 0 unspecified atom stereocenters. The lowest BCUT2D eigenvalue weighted by atomic mass is 9.95. The monoisotopic (exact) mass is 547 g/mol. The molecule has 0 aliphatic carbocycles. The second-order valence-electron chi connectivity index (χ2n) is 10.9. The fourth-order valence-electron chi connectivity index (χ4n) is 6.07. The summed E-state index contributed by atoms with van der Waals surface area (Å²) in [6.07, 6.45) is 8.25. The van der Waals surface area contributed by atoms with Crippen molar-refractivity contribution in [3.63, 3.8) is 0 Å². The first kappa shape index (κ1) is 26.1. The lowest BCUT2D eigenvalue weighted by molar-refractivity contribution is 0.107. The molecule has 0 radical (unpaired) electrons. The number of fused-ring (bicyclic) bond motifs is 3. The molecule has 2 N–H and O–H groups in total. The van der Waals surface area contributed by atoms with E-state index < -0.39 is 23.3 Å². The Labute approximate surface area is 229 Å². The molecule has 6 rings (SSSR count). The fraction of sp³-hybridized carbons (Fsp3) is 0.367. The zero-order valence-corrected chi connectivity index (χ0v) is 22.1. The summed E-state index contributed by atoms with van der Waals surface area (Å²) in [6, 6.07) is 5.29. The molecular weight excluding hydrogens is 519 g/mol. The minimum absolute atomic E-state index is 0.0455. The van der Waals surface area contributed by atoms with Gasteiger partial charge in [0.15, 0.2) is 5.82 Å². The second kappa shape index (κ2) is 9.82. The molecule has 0 bridgehead atoms. The van der Waals surface area contributed by atoms with E-state index in [4.69, 9.17) is 11.2 Å². The van der Waals surface area contributed by atoms with Gasteiger partial charge in [0.2, 0.25) is 0 Å². The Morgan fingerprint density at radius 2 is 2.10 bits per heavy atom. The maximum Gasteiger partial charge on any atom is 0.319 e. The van der Waals surface area contributed by atoms with Crippen LogP contribution in [-0.4, -0.2) is 62.4 Å². The number of alkyl halides is 1. The van der Waals surface area contributed by atoms with Crippen LogP contribution in [0.15, 0.2) is 30.5 Å². The normalized spacial score (nSPS) is 20.8. The highest BCUT2D eigenvalue weighted by Gasteiger charge is 2.49. The molecule has 2 aromatic heterocycles. The molecule has 4 aromatic rings. The lowest BCUT2D eigenvalue weighted by Gasteiger charge is -2.30. The Morgan fingerprint density at radius 3 is 2.88 bits per heavy atom. The minimum Gasteiger partial charge on any atom is -0.508 e. The molecule has 0 saturated carbocycles. The molecule has 40 heavy (non-hydrogen) atoms. The van der Waals surface area contributed by atoms with Gasteiger partial charge < -0.3 is 15.2 Å². The zero-order chi connectivity index (χ0) is 28.2. The number of terminal acetylenes is 1. The van der Waals surface area contributed by atoms with Crippen LogP contribution in [0.2, 0.25) is 0 Å². The molecule has 10 heteroatoms. The van der Waals surface area contributed by atoms with E-state index in [1.807, 2.05) is 13.8 Å². The maximum atomic E-state index is 16.3. The molecule has 7 nitrogen and oxygen atoms in total. The number of halogens is 3. The third-order valence-corrected chi connectivity index (χ3v) is 7.77. The molecule has 2 fully saturated rings. The summed E-state index contributed by atoms with van der Waals surface area (Å²) in [4.78, 5) is 15.4. The predicted octanol–water partition coefficient (Wildman–Crippen LogP) is 5.59. The van der Waals surface area contributed by atoms with Gasteiger partial charge in [0.25, 0.3) is 0 Å². The van der Waals surface area contributed by atoms with Crippen molar-refractivity contribution in [2.45, 2.75) is 50.9 Å². The third-order valence-electron chi connectivity index (χ3n) is 7.77. The van der Waals surface area contributed by atoms with Crippen LogP contribution in [0, 0.1) is 24.0 Å². The number of phenolic OH excluding ortho intramolecular Hbond substituents is 1. The molecular formula is C30H28F3N5O2. The van der Waals surface area contributed by atoms with Gasteiger partial charge in [-0.2, -0.15) is 9.97 Å². The number of rotatable bonds is 6. The topological polar surface area (TPSA) is 83.4 Å². The van der Waals surface area contributed by atoms with E-state index in [9.17, 15) is 13.9 Å². The van der Waals surface area contributed by atoms with Crippen molar-refractivity contribution < 1.29 is 23.0 Å². The van der Waals surface area contributed by atoms with E-state index >= 15 is 4.39 Å². The molecule has 0 amide bonds. The predicted molar refractivity (Wildman–Crippen MR) is 147 cm³/mol. The number of phenols is 1. The Morgan fingerprint density at radius 1 is 1.27 bits per heavy atom. The molecule has 2 atom stereocenters. The van der Waals surface area contributed by atoms with Gasteiger partial charge in [-0.05, 0) is 56.8 Å². The van der Waals surface area contributed by atoms with E-state index in [0.29, 0.717) is 29.6 Å². The number of anilines is 1. The average molecular weight is 548 g/mol. The first-order valence-corrected chi connectivity index (χ1v) is 13.3. The summed E-state index contributed by atoms with van der Waals surface area (Å²) in [5.41, 5.74) is -0.592. The number of pyridine rings is 1. The van der Waals surface area contributed by atoms with Crippen molar-refractivity contribution in [2.24, 2.45) is 0 Å². The Balaban J connectivity index is 1.49. The van der Waals surface area contributed by atoms with Crippen LogP contribution in [0.1, 0.15) is 38.7 Å². The number of hydrogen-bond donors (Lipinski definition) is 2. The van der Waals surface area contributed by atoms with Crippen LogP contribution in [0.3, 0.4) is 0 Å². The van der Waals surface area contributed by atoms with Crippen molar-refractivity contribution in [3.05, 3.63) is 47.7 Å². The first-order chi connectivity index (χ1) is 19.2. The Bertz CT molecular complexity index is 1690. The number of hydrogen-bond acceptors (Lipinski definition) is 7. The number of aromatic nitrogens is 3. The van der Waals surface area contributed by atoms with Crippen LogP contribution in [0.4, 0.5) is 19.0 Å². The summed E-state index contributed by atoms with van der Waals surface area (Å²) >= 11 is 0. The average Bonchev–Trinajstić information content (AvgIpc) is 3.43. The molecule has 0 spiro atoms. The Kier molecular flexibility index (Phi) is 6.42. The van der Waals surface area contributed by atoms with Gasteiger partial charge in [-0.1, -0.05) is 12.0 Å². The van der Waals surface area contributed by atoms with E-state index in [-0.39, 0.29) is 52.1 Å². The highest BCUT2D eigenvalue weighted by Crippen LogP contribution is 2.41. The molecule has 2 saturated heterocycles. The third kappa shape index (κ3) is 4.34. The summed E-state index contributed by atoms with van der Waals surface area (Å²) < 4.78 is 51.3. The number of nitrogens with one attached hydrogen (secondary N) is 1. The largest absolute Gasteiger partial charge is 0.508 e. The van der Waals surface area contributed by atoms with E-state index in [1.165, 1.54) is 30.5 Å². The van der Waals surface area contributed by atoms with Gasteiger partial charge >= 0.3 is 6.01 Å². The van der Waals surface area contributed by atoms with E-state index in [1.54, 1.807) is 0 Å². The molecule has 206 valence electrons. The van der Waals surface area contributed by atoms with E-state index in [2.05, 4.69) is 31.1 Å². The molecule has 2 aliphatic rings. The van der Waals surface area contributed by atoms with Crippen LogP contribution in [-0.2, 0) is 0 Å². The van der Waals surface area contributed by atoms with Crippen LogP contribution in [0.25, 0.3) is 32.9 Å². The summed E-state index contributed by atoms with van der Waals surface area (Å²) in [5.74, 6) is 1.06. The van der Waals surface area contributed by atoms with Gasteiger partial charge in [0, 0.05) is 36.2 Å². The summed E-state index contributed by atoms with van der Waals surface area (Å²) in [6.45, 7) is 5.20. The smallest absolute Gasteiger partial charge is 0.319 e. The molecule has 2 aliphatic heterocycles. The number of aromatic hydroxyl groups is 1. The lowest BCUT2D eigenvalue weighted by Crippen LogP contribution is -2.43. The highest BCUT2D eigenvalue weighted by molar-refractivity contribution is 6.02. The van der Waals surface area contributed by atoms with Gasteiger partial charge in [0.1, 0.15) is 41.4 Å². The van der Waals surface area contributed by atoms with Gasteiger partial charge in [0.05, 0.1) is 16.5 Å². The van der Waals surface area contributed by atoms with Gasteiger partial charge in [-0.25, -0.2) is 13.2 Å². The van der Waals surface area contributed by atoms with Crippen LogP contribution in [0.5, 0.6) is 11.8 Å².